The van der Waals surface area contributed by atoms with Crippen LogP contribution in [-0.2, 0) is 14.5 Å². The van der Waals surface area contributed by atoms with Gasteiger partial charge in [0.25, 0.3) is 11.8 Å². The second-order valence-corrected chi connectivity index (χ2v) is 11.9. The summed E-state index contributed by atoms with van der Waals surface area (Å²) in [4.78, 5) is 30.7. The van der Waals surface area contributed by atoms with E-state index in [0.717, 1.165) is 12.8 Å². The van der Waals surface area contributed by atoms with E-state index in [1.807, 2.05) is 27.7 Å². The van der Waals surface area contributed by atoms with Crippen molar-refractivity contribution in [1.29, 1.82) is 0 Å². The third kappa shape index (κ3) is 5.08. The molecule has 31 heavy (non-hydrogen) atoms. The molecule has 0 spiro atoms. The largest absolute Gasteiger partial charge is 0.272 e. The van der Waals surface area contributed by atoms with Crippen LogP contribution in [0, 0.1) is 46.3 Å². The fourth-order valence-corrected chi connectivity index (χ4v) is 6.46. The number of fused-ring (bicyclic) bond motifs is 4. The molecule has 2 N–H and O–H groups in total. The van der Waals surface area contributed by atoms with Crippen LogP contribution in [0.25, 0.3) is 0 Å². The lowest BCUT2D eigenvalue weighted by atomic mass is 9.64. The van der Waals surface area contributed by atoms with E-state index in [9.17, 15) is 9.59 Å². The molecule has 0 aromatic rings. The molecule has 5 nitrogen and oxygen atoms in total. The molecule has 0 radical (unpaired) electrons. The Morgan fingerprint density at radius 3 is 1.45 bits per heavy atom. The fourth-order valence-electron chi connectivity index (χ4n) is 6.46. The van der Waals surface area contributed by atoms with Crippen LogP contribution in [0.2, 0.25) is 0 Å². The molecule has 2 saturated carbocycles. The molecule has 0 aromatic carbocycles. The van der Waals surface area contributed by atoms with Crippen molar-refractivity contribution in [2.75, 3.05) is 0 Å². The number of carbonyl (C=O) groups is 2. The number of hydrogen-bond acceptors (Lipinski definition) is 3. The summed E-state index contributed by atoms with van der Waals surface area (Å²) in [5.74, 6) is 3.32. The van der Waals surface area contributed by atoms with E-state index in [1.165, 1.54) is 38.5 Å². The van der Waals surface area contributed by atoms with Crippen LogP contribution in [-0.4, -0.2) is 11.8 Å². The summed E-state index contributed by atoms with van der Waals surface area (Å²) in [6.45, 7) is 7.87. The van der Waals surface area contributed by atoms with Gasteiger partial charge in [-0.05, 0) is 86.9 Å². The van der Waals surface area contributed by atoms with Gasteiger partial charge in [0.05, 0.1) is 0 Å². The van der Waals surface area contributed by atoms with Gasteiger partial charge >= 0.3 is 0 Å². The molecule has 6 rings (SSSR count). The number of nitrogens with one attached hydrogen (secondary N) is 2. The molecule has 0 aliphatic heterocycles. The molecule has 2 amide bonds. The Morgan fingerprint density at radius 2 is 1.16 bits per heavy atom. The van der Waals surface area contributed by atoms with E-state index in [2.05, 4.69) is 35.3 Å². The van der Waals surface area contributed by atoms with Crippen LogP contribution < -0.4 is 11.0 Å². The Balaban J connectivity index is 1.22. The molecule has 6 atom stereocenters. The fraction of sp³-hybridized carbons (Fsp3) is 0.769. The Morgan fingerprint density at radius 1 is 0.742 bits per heavy atom. The van der Waals surface area contributed by atoms with Crippen LogP contribution in [0.3, 0.4) is 0 Å². The van der Waals surface area contributed by atoms with Crippen molar-refractivity contribution < 1.29 is 14.5 Å². The standard InChI is InChI=1S/C26H40N2O3/c1-25(2,15-21-13-17-5-9-19(21)10-6-17)23(29)27-31-28-24(30)26(3,4)16-22-14-18-7-11-20(22)12-8-18/h5,7,9,11,17-22H,6,8,10,12-16H2,1-4H3,(H,27,29)(H,28,30)/t17?,18?,19-,20-,21-,22-/m0/s1. The summed E-state index contributed by atoms with van der Waals surface area (Å²) in [6.07, 6.45) is 18.5. The van der Waals surface area contributed by atoms with Crippen molar-refractivity contribution in [1.82, 2.24) is 11.0 Å². The van der Waals surface area contributed by atoms with Gasteiger partial charge in [0, 0.05) is 10.8 Å². The Bertz CT molecular complexity index is 692. The Hall–Kier alpha value is -1.62. The number of amides is 2. The molecule has 0 saturated heterocycles. The van der Waals surface area contributed by atoms with Crippen LogP contribution in [0.5, 0.6) is 0 Å². The molecular weight excluding hydrogens is 388 g/mol. The molecule has 5 heteroatoms. The van der Waals surface area contributed by atoms with Crippen LogP contribution in [0.4, 0.5) is 0 Å². The SMILES string of the molecule is CC(C)(C[C@@H]1CC2C=C[C@H]1CC2)C(=O)NONC(=O)C(C)(C)C[C@@H]1CC2C=C[C@H]1CC2. The van der Waals surface area contributed by atoms with Gasteiger partial charge < -0.3 is 0 Å². The van der Waals surface area contributed by atoms with E-state index < -0.39 is 10.8 Å². The minimum absolute atomic E-state index is 0.175. The van der Waals surface area contributed by atoms with Gasteiger partial charge in [-0.15, -0.1) is 0 Å². The van der Waals surface area contributed by atoms with Gasteiger partial charge in [-0.1, -0.05) is 52.0 Å². The third-order valence-electron chi connectivity index (χ3n) is 8.49. The van der Waals surface area contributed by atoms with Crippen molar-refractivity contribution in [3.05, 3.63) is 24.3 Å². The molecule has 0 aromatic heterocycles. The molecule has 6 aliphatic carbocycles. The number of carbonyl (C=O) groups excluding carboxylic acids is 2. The van der Waals surface area contributed by atoms with Crippen LogP contribution in [0.1, 0.15) is 79.1 Å². The zero-order valence-electron chi connectivity index (χ0n) is 19.7. The predicted molar refractivity (Wildman–Crippen MR) is 121 cm³/mol. The quantitative estimate of drug-likeness (QED) is 0.417. The molecule has 2 fully saturated rings. The molecule has 2 unspecified atom stereocenters. The average molecular weight is 429 g/mol. The summed E-state index contributed by atoms with van der Waals surface area (Å²) in [6, 6.07) is 0. The van der Waals surface area contributed by atoms with Gasteiger partial charge in [-0.25, -0.2) is 11.0 Å². The average Bonchev–Trinajstić information content (AvgIpc) is 2.74. The van der Waals surface area contributed by atoms with Crippen molar-refractivity contribution in [2.24, 2.45) is 46.3 Å². The van der Waals surface area contributed by atoms with Gasteiger partial charge in [-0.3, -0.25) is 9.59 Å². The predicted octanol–water partition coefficient (Wildman–Crippen LogP) is 5.10. The second kappa shape index (κ2) is 8.73. The van der Waals surface area contributed by atoms with E-state index in [-0.39, 0.29) is 11.8 Å². The Kier molecular flexibility index (Phi) is 6.35. The van der Waals surface area contributed by atoms with E-state index >= 15 is 0 Å². The first-order valence-electron chi connectivity index (χ1n) is 12.3. The maximum absolute atomic E-state index is 12.8. The number of rotatable bonds is 8. The van der Waals surface area contributed by atoms with E-state index in [1.54, 1.807) is 0 Å². The molecular formula is C26H40N2O3. The molecule has 0 heterocycles. The highest BCUT2D eigenvalue weighted by Gasteiger charge is 2.40. The number of hydroxylamine groups is 2. The maximum atomic E-state index is 12.8. The monoisotopic (exact) mass is 428 g/mol. The lowest BCUT2D eigenvalue weighted by Gasteiger charge is -2.41. The normalized spacial score (nSPS) is 34.1. The summed E-state index contributed by atoms with van der Waals surface area (Å²) >= 11 is 0. The smallest absolute Gasteiger partial charge is 0.251 e. The second-order valence-electron chi connectivity index (χ2n) is 11.9. The van der Waals surface area contributed by atoms with Crippen molar-refractivity contribution >= 4 is 11.8 Å². The first kappa shape index (κ1) is 22.6. The highest BCUT2D eigenvalue weighted by Crippen LogP contribution is 2.46. The lowest BCUT2D eigenvalue weighted by Crippen LogP contribution is -2.46. The summed E-state index contributed by atoms with van der Waals surface area (Å²) in [5.41, 5.74) is 3.90. The van der Waals surface area contributed by atoms with Crippen LogP contribution in [0.15, 0.2) is 24.3 Å². The van der Waals surface area contributed by atoms with Gasteiger partial charge in [-0.2, -0.15) is 4.94 Å². The molecule has 6 aliphatic rings. The van der Waals surface area contributed by atoms with Gasteiger partial charge in [0.1, 0.15) is 0 Å². The maximum Gasteiger partial charge on any atom is 0.251 e. The van der Waals surface area contributed by atoms with Crippen molar-refractivity contribution in [3.63, 3.8) is 0 Å². The topological polar surface area (TPSA) is 67.4 Å². The van der Waals surface area contributed by atoms with E-state index in [0.29, 0.717) is 35.5 Å². The zero-order valence-corrected chi connectivity index (χ0v) is 19.7. The zero-order chi connectivity index (χ0) is 22.2. The molecule has 4 bridgehead atoms. The summed E-state index contributed by atoms with van der Waals surface area (Å²) < 4.78 is 0. The van der Waals surface area contributed by atoms with Crippen LogP contribution >= 0.6 is 0 Å². The highest BCUT2D eigenvalue weighted by molar-refractivity contribution is 5.82. The first-order valence-corrected chi connectivity index (χ1v) is 12.3. The van der Waals surface area contributed by atoms with Crippen molar-refractivity contribution in [2.45, 2.75) is 79.1 Å². The molecule has 172 valence electrons. The first-order chi connectivity index (χ1) is 14.6. The van der Waals surface area contributed by atoms with E-state index in [4.69, 9.17) is 4.94 Å². The summed E-state index contributed by atoms with van der Waals surface area (Å²) in [5, 5.41) is 0. The minimum Gasteiger partial charge on any atom is -0.272 e. The number of allylic oxidation sites excluding steroid dienone is 4. The highest BCUT2D eigenvalue weighted by atomic mass is 16.8. The third-order valence-corrected chi connectivity index (χ3v) is 8.49. The summed E-state index contributed by atoms with van der Waals surface area (Å²) in [7, 11) is 0. The minimum atomic E-state index is -0.538. The lowest BCUT2D eigenvalue weighted by molar-refractivity contribution is -0.162. The van der Waals surface area contributed by atoms with Gasteiger partial charge in [0.15, 0.2) is 0 Å². The van der Waals surface area contributed by atoms with Gasteiger partial charge in [0.2, 0.25) is 0 Å². The number of hydrogen-bond donors (Lipinski definition) is 2. The Labute approximate surface area is 187 Å². The van der Waals surface area contributed by atoms with Crippen molar-refractivity contribution in [3.8, 4) is 0 Å².